The van der Waals surface area contributed by atoms with Crippen LogP contribution in [0, 0.1) is 0 Å². The van der Waals surface area contributed by atoms with E-state index in [1.54, 1.807) is 0 Å². The van der Waals surface area contributed by atoms with Crippen molar-refractivity contribution in [3.63, 3.8) is 0 Å². The Bertz CT molecular complexity index is 398. The lowest BCUT2D eigenvalue weighted by atomic mass is 10.3. The summed E-state index contributed by atoms with van der Waals surface area (Å²) in [6.45, 7) is 4.56. The van der Waals surface area contributed by atoms with Crippen LogP contribution in [0.5, 0.6) is 0 Å². The summed E-state index contributed by atoms with van der Waals surface area (Å²) in [6.07, 6.45) is -4.44. The van der Waals surface area contributed by atoms with Crippen molar-refractivity contribution in [2.75, 3.05) is 44.2 Å². The van der Waals surface area contributed by atoms with Crippen LogP contribution in [0.4, 0.5) is 19.0 Å². The van der Waals surface area contributed by atoms with E-state index in [4.69, 9.17) is 5.73 Å². The maximum atomic E-state index is 12.4. The van der Waals surface area contributed by atoms with Gasteiger partial charge >= 0.3 is 6.18 Å². The van der Waals surface area contributed by atoms with Gasteiger partial charge in [0, 0.05) is 39.3 Å². The van der Waals surface area contributed by atoms with Crippen LogP contribution in [0.2, 0.25) is 0 Å². The van der Waals surface area contributed by atoms with Gasteiger partial charge in [-0.1, -0.05) is 0 Å². The zero-order valence-corrected chi connectivity index (χ0v) is 10.4. The van der Waals surface area contributed by atoms with Crippen LogP contribution in [0.25, 0.3) is 0 Å². The first-order valence-corrected chi connectivity index (χ1v) is 6.09. The van der Waals surface area contributed by atoms with Crippen LogP contribution in [-0.2, 0) is 6.18 Å². The predicted octanol–water partition coefficient (Wildman–Crippen LogP) is 0.576. The van der Waals surface area contributed by atoms with E-state index in [1.165, 1.54) is 6.07 Å². The lowest BCUT2D eigenvalue weighted by Crippen LogP contribution is -2.48. The summed E-state index contributed by atoms with van der Waals surface area (Å²) in [6, 6.07) is 2.34. The smallest absolute Gasteiger partial charge is 0.353 e. The molecule has 1 aliphatic heterocycles. The summed E-state index contributed by atoms with van der Waals surface area (Å²) in [5, 5.41) is 6.88. The minimum atomic E-state index is -4.44. The highest BCUT2D eigenvalue weighted by Crippen LogP contribution is 2.27. The van der Waals surface area contributed by atoms with E-state index in [2.05, 4.69) is 15.1 Å². The minimum Gasteiger partial charge on any atom is -0.353 e. The first-order chi connectivity index (χ1) is 9.00. The van der Waals surface area contributed by atoms with Gasteiger partial charge < -0.3 is 10.6 Å². The van der Waals surface area contributed by atoms with Gasteiger partial charge in [-0.2, -0.15) is 13.2 Å². The number of rotatable bonds is 3. The molecule has 106 valence electrons. The fourth-order valence-corrected chi connectivity index (χ4v) is 2.03. The van der Waals surface area contributed by atoms with E-state index in [9.17, 15) is 13.2 Å². The molecule has 1 aromatic heterocycles. The molecular formula is C11H16F3N5. The zero-order valence-electron chi connectivity index (χ0n) is 10.4. The van der Waals surface area contributed by atoms with Crippen molar-refractivity contribution in [2.24, 2.45) is 5.73 Å². The molecule has 5 nitrogen and oxygen atoms in total. The molecule has 1 fully saturated rings. The summed E-state index contributed by atoms with van der Waals surface area (Å²) >= 11 is 0. The third-order valence-corrected chi connectivity index (χ3v) is 3.08. The largest absolute Gasteiger partial charge is 0.435 e. The van der Waals surface area contributed by atoms with Gasteiger partial charge in [0.05, 0.1) is 0 Å². The molecule has 2 heterocycles. The Kier molecular flexibility index (Phi) is 4.20. The van der Waals surface area contributed by atoms with Gasteiger partial charge in [0.2, 0.25) is 0 Å². The third-order valence-electron chi connectivity index (χ3n) is 3.08. The number of hydrogen-bond donors (Lipinski definition) is 1. The van der Waals surface area contributed by atoms with E-state index >= 15 is 0 Å². The fraction of sp³-hybridized carbons (Fsp3) is 0.636. The number of nitrogens with two attached hydrogens (primary N) is 1. The van der Waals surface area contributed by atoms with Crippen molar-refractivity contribution in [2.45, 2.75) is 6.18 Å². The van der Waals surface area contributed by atoms with Crippen molar-refractivity contribution in [1.82, 2.24) is 15.1 Å². The van der Waals surface area contributed by atoms with Crippen LogP contribution in [0.15, 0.2) is 12.1 Å². The Morgan fingerprint density at radius 3 is 2.26 bits per heavy atom. The molecule has 1 saturated heterocycles. The molecule has 0 radical (unpaired) electrons. The van der Waals surface area contributed by atoms with Crippen LogP contribution in [0.1, 0.15) is 5.69 Å². The monoisotopic (exact) mass is 275 g/mol. The Morgan fingerprint density at radius 2 is 1.79 bits per heavy atom. The lowest BCUT2D eigenvalue weighted by Gasteiger charge is -2.34. The van der Waals surface area contributed by atoms with Gasteiger partial charge in [-0.05, 0) is 12.1 Å². The first-order valence-electron chi connectivity index (χ1n) is 6.09. The number of alkyl halides is 3. The minimum absolute atomic E-state index is 0.486. The molecule has 0 spiro atoms. The second kappa shape index (κ2) is 5.70. The van der Waals surface area contributed by atoms with Crippen molar-refractivity contribution >= 4 is 5.82 Å². The molecule has 0 amide bonds. The Hall–Kier alpha value is -1.41. The molecule has 1 aromatic rings. The highest BCUT2D eigenvalue weighted by Gasteiger charge is 2.33. The molecule has 8 heteroatoms. The molecule has 0 aliphatic carbocycles. The van der Waals surface area contributed by atoms with Gasteiger partial charge in [0.15, 0.2) is 11.5 Å². The number of hydrogen-bond acceptors (Lipinski definition) is 5. The molecule has 1 aliphatic rings. The predicted molar refractivity (Wildman–Crippen MR) is 64.7 cm³/mol. The Morgan fingerprint density at radius 1 is 1.11 bits per heavy atom. The van der Waals surface area contributed by atoms with Gasteiger partial charge in [0.1, 0.15) is 0 Å². The molecule has 0 unspecified atom stereocenters. The van der Waals surface area contributed by atoms with E-state index in [0.717, 1.165) is 38.8 Å². The highest BCUT2D eigenvalue weighted by molar-refractivity contribution is 5.38. The summed E-state index contributed by atoms with van der Waals surface area (Å²) in [7, 11) is 0. The normalized spacial score (nSPS) is 17.8. The second-order valence-corrected chi connectivity index (χ2v) is 4.39. The van der Waals surface area contributed by atoms with Gasteiger partial charge in [-0.15, -0.1) is 10.2 Å². The topological polar surface area (TPSA) is 58.3 Å². The summed E-state index contributed by atoms with van der Waals surface area (Å²) < 4.78 is 37.1. The molecule has 19 heavy (non-hydrogen) atoms. The first kappa shape index (κ1) is 14.0. The molecule has 2 rings (SSSR count). The average Bonchev–Trinajstić information content (AvgIpc) is 2.39. The number of piperazine rings is 1. The third kappa shape index (κ3) is 3.54. The average molecular weight is 275 g/mol. The standard InChI is InChI=1S/C11H16F3N5/c12-11(13,14)9-1-2-10(17-16-9)19-7-5-18(4-3-15)6-8-19/h1-2H,3-8,15H2. The Labute approximate surface area is 109 Å². The molecular weight excluding hydrogens is 259 g/mol. The summed E-state index contributed by atoms with van der Waals surface area (Å²) in [5.41, 5.74) is 4.52. The number of anilines is 1. The van der Waals surface area contributed by atoms with Crippen molar-refractivity contribution in [1.29, 1.82) is 0 Å². The maximum Gasteiger partial charge on any atom is 0.435 e. The zero-order chi connectivity index (χ0) is 13.9. The summed E-state index contributed by atoms with van der Waals surface area (Å²) in [4.78, 5) is 4.15. The SMILES string of the molecule is NCCN1CCN(c2ccc(C(F)(F)F)nn2)CC1. The Balaban J connectivity index is 1.97. The lowest BCUT2D eigenvalue weighted by molar-refractivity contribution is -0.141. The quantitative estimate of drug-likeness (QED) is 0.874. The highest BCUT2D eigenvalue weighted by atomic mass is 19.4. The second-order valence-electron chi connectivity index (χ2n) is 4.39. The fourth-order valence-electron chi connectivity index (χ4n) is 2.03. The van der Waals surface area contributed by atoms with Crippen LogP contribution < -0.4 is 10.6 Å². The van der Waals surface area contributed by atoms with Gasteiger partial charge in [0.25, 0.3) is 0 Å². The van der Waals surface area contributed by atoms with Crippen LogP contribution in [-0.4, -0.2) is 54.4 Å². The molecule has 0 aromatic carbocycles. The number of nitrogens with zero attached hydrogens (tertiary/aromatic N) is 4. The van der Waals surface area contributed by atoms with Crippen molar-refractivity contribution < 1.29 is 13.2 Å². The maximum absolute atomic E-state index is 12.4. The number of halogens is 3. The van der Waals surface area contributed by atoms with E-state index < -0.39 is 11.9 Å². The van der Waals surface area contributed by atoms with E-state index in [1.807, 2.05) is 4.90 Å². The van der Waals surface area contributed by atoms with Crippen molar-refractivity contribution in [3.8, 4) is 0 Å². The molecule has 2 N–H and O–H groups in total. The van der Waals surface area contributed by atoms with Crippen molar-refractivity contribution in [3.05, 3.63) is 17.8 Å². The van der Waals surface area contributed by atoms with Gasteiger partial charge in [-0.3, -0.25) is 4.90 Å². The van der Waals surface area contributed by atoms with Crippen LogP contribution >= 0.6 is 0 Å². The summed E-state index contributed by atoms with van der Waals surface area (Å²) in [5.74, 6) is 0.486. The van der Waals surface area contributed by atoms with E-state index in [-0.39, 0.29) is 0 Å². The number of aromatic nitrogens is 2. The van der Waals surface area contributed by atoms with E-state index in [0.29, 0.717) is 12.4 Å². The molecule has 0 atom stereocenters. The van der Waals surface area contributed by atoms with Crippen LogP contribution in [0.3, 0.4) is 0 Å². The molecule has 0 bridgehead atoms. The van der Waals surface area contributed by atoms with Gasteiger partial charge in [-0.25, -0.2) is 0 Å². The molecule has 0 saturated carbocycles.